The van der Waals surface area contributed by atoms with E-state index >= 15 is 0 Å². The number of ether oxygens (including phenoxy) is 2. The Hall–Kier alpha value is -1.98. The van der Waals surface area contributed by atoms with Gasteiger partial charge in [0.2, 0.25) is 5.91 Å². The number of benzene rings is 2. The van der Waals surface area contributed by atoms with Gasteiger partial charge >= 0.3 is 0 Å². The maximum atomic E-state index is 12.0. The van der Waals surface area contributed by atoms with Crippen LogP contribution in [0.2, 0.25) is 0 Å². The van der Waals surface area contributed by atoms with Crippen molar-refractivity contribution < 1.29 is 14.3 Å². The summed E-state index contributed by atoms with van der Waals surface area (Å²) in [6.45, 7) is 3.06. The highest BCUT2D eigenvalue weighted by atomic mass is 32.2. The number of carbonyl (C=O) groups is 1. The van der Waals surface area contributed by atoms with Crippen molar-refractivity contribution in [1.29, 1.82) is 0 Å². The highest BCUT2D eigenvalue weighted by molar-refractivity contribution is 7.99. The number of amides is 1. The molecule has 0 aliphatic carbocycles. The molecule has 2 aromatic rings. The Labute approximate surface area is 172 Å². The van der Waals surface area contributed by atoms with Crippen molar-refractivity contribution in [3.05, 3.63) is 65.7 Å². The van der Waals surface area contributed by atoms with Gasteiger partial charge in [0.15, 0.2) is 0 Å². The van der Waals surface area contributed by atoms with E-state index in [-0.39, 0.29) is 5.91 Å². The lowest BCUT2D eigenvalue weighted by Gasteiger charge is -2.21. The number of rotatable bonds is 10. The molecule has 3 rings (SSSR count). The molecule has 0 spiro atoms. The molecule has 1 aliphatic rings. The maximum absolute atomic E-state index is 12.0. The average Bonchev–Trinajstić information content (AvgIpc) is 2.76. The molecular formula is C23H29NO3S. The van der Waals surface area contributed by atoms with Crippen molar-refractivity contribution in [3.63, 3.8) is 0 Å². The molecule has 1 heterocycles. The highest BCUT2D eigenvalue weighted by Gasteiger charge is 2.13. The van der Waals surface area contributed by atoms with Crippen molar-refractivity contribution in [2.75, 3.05) is 25.5 Å². The Morgan fingerprint density at radius 1 is 1.04 bits per heavy atom. The van der Waals surface area contributed by atoms with E-state index in [2.05, 4.69) is 17.4 Å². The second-order valence-electron chi connectivity index (χ2n) is 6.95. The Morgan fingerprint density at radius 3 is 2.54 bits per heavy atom. The van der Waals surface area contributed by atoms with Crippen molar-refractivity contribution >= 4 is 17.7 Å². The average molecular weight is 400 g/mol. The fraction of sp³-hybridized carbons (Fsp3) is 0.435. The van der Waals surface area contributed by atoms with E-state index < -0.39 is 0 Å². The first-order chi connectivity index (χ1) is 13.8. The van der Waals surface area contributed by atoms with Gasteiger partial charge < -0.3 is 14.8 Å². The summed E-state index contributed by atoms with van der Waals surface area (Å²) in [5.41, 5.74) is 2.30. The van der Waals surface area contributed by atoms with Crippen LogP contribution in [0.5, 0.6) is 5.75 Å². The van der Waals surface area contributed by atoms with Crippen LogP contribution in [-0.2, 0) is 22.6 Å². The lowest BCUT2D eigenvalue weighted by Crippen LogP contribution is -2.27. The summed E-state index contributed by atoms with van der Waals surface area (Å²) in [4.78, 5) is 12.0. The maximum Gasteiger partial charge on any atom is 0.220 e. The lowest BCUT2D eigenvalue weighted by atomic mass is 10.1. The summed E-state index contributed by atoms with van der Waals surface area (Å²) in [6.07, 6.45) is 3.53. The second-order valence-corrected chi connectivity index (χ2v) is 8.36. The van der Waals surface area contributed by atoms with Crippen LogP contribution in [0.1, 0.15) is 30.4 Å². The van der Waals surface area contributed by atoms with E-state index in [0.717, 1.165) is 61.7 Å². The molecule has 5 heteroatoms. The number of hydrogen-bond acceptors (Lipinski definition) is 4. The molecule has 1 aliphatic heterocycles. The molecule has 0 aromatic heterocycles. The van der Waals surface area contributed by atoms with Crippen molar-refractivity contribution in [3.8, 4) is 5.75 Å². The van der Waals surface area contributed by atoms with Gasteiger partial charge in [0.05, 0.1) is 0 Å². The molecule has 1 N–H and O–H groups in total. The molecule has 28 heavy (non-hydrogen) atoms. The Morgan fingerprint density at radius 2 is 1.79 bits per heavy atom. The van der Waals surface area contributed by atoms with Crippen LogP contribution in [0, 0.1) is 0 Å². The van der Waals surface area contributed by atoms with Gasteiger partial charge in [-0.3, -0.25) is 4.79 Å². The number of thioether (sulfide) groups is 1. The normalized spacial score (nSPS) is 14.6. The molecule has 1 saturated heterocycles. The van der Waals surface area contributed by atoms with Gasteiger partial charge in [-0.15, -0.1) is 0 Å². The SMILES string of the molecule is O=C(CCc1ccc(OCc2ccccc2)cc1)NCCSC1CCOCC1. The largest absolute Gasteiger partial charge is 0.489 e. The topological polar surface area (TPSA) is 47.6 Å². The fourth-order valence-electron chi connectivity index (χ4n) is 3.10. The van der Waals surface area contributed by atoms with E-state index in [1.165, 1.54) is 0 Å². The van der Waals surface area contributed by atoms with Crippen molar-refractivity contribution in [2.45, 2.75) is 37.5 Å². The van der Waals surface area contributed by atoms with E-state index in [1.807, 2.05) is 54.2 Å². The highest BCUT2D eigenvalue weighted by Crippen LogP contribution is 2.21. The summed E-state index contributed by atoms with van der Waals surface area (Å²) >= 11 is 1.95. The Bertz CT molecular complexity index is 700. The minimum Gasteiger partial charge on any atom is -0.489 e. The summed E-state index contributed by atoms with van der Waals surface area (Å²) in [7, 11) is 0. The van der Waals surface area contributed by atoms with E-state index in [4.69, 9.17) is 9.47 Å². The quantitative estimate of drug-likeness (QED) is 0.608. The van der Waals surface area contributed by atoms with E-state index in [0.29, 0.717) is 18.3 Å². The molecule has 0 unspecified atom stereocenters. The van der Waals surface area contributed by atoms with Gasteiger partial charge in [-0.25, -0.2) is 0 Å². The summed E-state index contributed by atoms with van der Waals surface area (Å²) in [5.74, 6) is 1.95. The number of nitrogens with one attached hydrogen (secondary N) is 1. The minimum atomic E-state index is 0.122. The van der Waals surface area contributed by atoms with Crippen molar-refractivity contribution in [1.82, 2.24) is 5.32 Å². The molecule has 150 valence electrons. The van der Waals surface area contributed by atoms with Crippen molar-refractivity contribution in [2.24, 2.45) is 0 Å². The number of hydrogen-bond donors (Lipinski definition) is 1. The first-order valence-electron chi connectivity index (χ1n) is 10.0. The van der Waals surface area contributed by atoms with Crippen LogP contribution in [0.4, 0.5) is 0 Å². The molecule has 0 radical (unpaired) electrons. The minimum absolute atomic E-state index is 0.122. The van der Waals surface area contributed by atoms with Crippen LogP contribution in [0.3, 0.4) is 0 Å². The fourth-order valence-corrected chi connectivity index (χ4v) is 4.18. The van der Waals surface area contributed by atoms with E-state index in [1.54, 1.807) is 0 Å². The van der Waals surface area contributed by atoms with Crippen LogP contribution in [0.25, 0.3) is 0 Å². The standard InChI is InChI=1S/C23H29NO3S/c25-23(24-14-17-28-22-12-15-26-16-13-22)11-8-19-6-9-21(10-7-19)27-18-20-4-2-1-3-5-20/h1-7,9-10,22H,8,11-18H2,(H,24,25). The molecular weight excluding hydrogens is 370 g/mol. The van der Waals surface area contributed by atoms with Crippen LogP contribution >= 0.6 is 11.8 Å². The zero-order chi connectivity index (χ0) is 19.4. The van der Waals surface area contributed by atoms with Gasteiger partial charge in [-0.05, 0) is 42.5 Å². The first kappa shape index (κ1) is 20.7. The van der Waals surface area contributed by atoms with E-state index in [9.17, 15) is 4.79 Å². The smallest absolute Gasteiger partial charge is 0.220 e. The zero-order valence-electron chi connectivity index (χ0n) is 16.3. The molecule has 4 nitrogen and oxygen atoms in total. The number of aryl methyl sites for hydroxylation is 1. The van der Waals surface area contributed by atoms with Gasteiger partial charge in [-0.2, -0.15) is 11.8 Å². The third kappa shape index (κ3) is 7.56. The van der Waals surface area contributed by atoms with Crippen LogP contribution in [0.15, 0.2) is 54.6 Å². The monoisotopic (exact) mass is 399 g/mol. The molecule has 1 fully saturated rings. The Kier molecular flexibility index (Phi) is 8.72. The summed E-state index contributed by atoms with van der Waals surface area (Å²) in [5, 5.41) is 3.71. The van der Waals surface area contributed by atoms with Gasteiger partial charge in [0.25, 0.3) is 0 Å². The predicted octanol–water partition coefficient (Wildman–Crippen LogP) is 4.23. The van der Waals surface area contributed by atoms with Gasteiger partial charge in [-0.1, -0.05) is 42.5 Å². The molecule has 1 amide bonds. The van der Waals surface area contributed by atoms with Crippen LogP contribution in [-0.4, -0.2) is 36.7 Å². The summed E-state index contributed by atoms with van der Waals surface area (Å²) < 4.78 is 11.2. The zero-order valence-corrected chi connectivity index (χ0v) is 17.1. The lowest BCUT2D eigenvalue weighted by molar-refractivity contribution is -0.120. The molecule has 0 bridgehead atoms. The number of carbonyl (C=O) groups excluding carboxylic acids is 1. The van der Waals surface area contributed by atoms with Crippen LogP contribution < -0.4 is 10.1 Å². The molecule has 0 atom stereocenters. The summed E-state index contributed by atoms with van der Waals surface area (Å²) in [6, 6.07) is 18.1. The first-order valence-corrected chi connectivity index (χ1v) is 11.1. The third-order valence-corrected chi connectivity index (χ3v) is 6.14. The molecule has 2 aromatic carbocycles. The third-order valence-electron chi connectivity index (χ3n) is 4.76. The predicted molar refractivity (Wildman–Crippen MR) is 115 cm³/mol. The van der Waals surface area contributed by atoms with Gasteiger partial charge in [0.1, 0.15) is 12.4 Å². The Balaban J connectivity index is 1.29. The second kappa shape index (κ2) is 11.8. The van der Waals surface area contributed by atoms with Gasteiger partial charge in [0, 0.05) is 37.2 Å². The molecule has 0 saturated carbocycles.